The molecule has 10 heteroatoms. The molecule has 1 saturated carbocycles. The van der Waals surface area contributed by atoms with Gasteiger partial charge in [0.1, 0.15) is 24.2 Å². The summed E-state index contributed by atoms with van der Waals surface area (Å²) < 4.78 is 26.2. The zero-order valence-corrected chi connectivity index (χ0v) is 18.9. The Morgan fingerprint density at radius 2 is 2.12 bits per heavy atom. The molecule has 1 aliphatic heterocycles. The van der Waals surface area contributed by atoms with Gasteiger partial charge in [0.15, 0.2) is 5.82 Å². The van der Waals surface area contributed by atoms with Crippen molar-refractivity contribution in [1.29, 1.82) is 0 Å². The van der Waals surface area contributed by atoms with E-state index in [1.54, 1.807) is 25.3 Å². The van der Waals surface area contributed by atoms with Gasteiger partial charge in [0.2, 0.25) is 5.88 Å². The van der Waals surface area contributed by atoms with Gasteiger partial charge >= 0.3 is 6.09 Å². The Kier molecular flexibility index (Phi) is 5.60. The van der Waals surface area contributed by atoms with Crippen LogP contribution in [0.1, 0.15) is 25.3 Å². The van der Waals surface area contributed by atoms with Crippen LogP contribution in [-0.2, 0) is 4.74 Å². The third-order valence-corrected chi connectivity index (χ3v) is 6.55. The molecule has 1 aromatic carbocycles. The standard InChI is InChI=1S/C24H26FN5O4/c1-11-17(9-29-23-22(11)27-3-4-33-23)16-7-14-8-19(28-10-18(14)21(26)20(16)25)30-24(32)34-15-5-13(6-15)12(2)31/h7-10,12-13,15,27,31H,3-6,26H2,1-2H3,(H,28,30,32)/t12-,13?,15?/m1/s1. The van der Waals surface area contributed by atoms with E-state index in [4.69, 9.17) is 15.2 Å². The van der Waals surface area contributed by atoms with Crippen LogP contribution in [0.5, 0.6) is 5.88 Å². The molecule has 2 aliphatic rings. The number of pyridine rings is 2. The number of halogens is 1. The molecule has 1 fully saturated rings. The number of hydrogen-bond acceptors (Lipinski definition) is 8. The smallest absolute Gasteiger partial charge is 0.413 e. The molecule has 3 heterocycles. The fourth-order valence-corrected chi connectivity index (χ4v) is 4.44. The van der Waals surface area contributed by atoms with E-state index in [2.05, 4.69) is 20.6 Å². The van der Waals surface area contributed by atoms with Crippen molar-refractivity contribution in [2.24, 2.45) is 5.92 Å². The summed E-state index contributed by atoms with van der Waals surface area (Å²) in [5, 5.41) is 16.5. The van der Waals surface area contributed by atoms with E-state index in [-0.39, 0.29) is 23.5 Å². The number of nitrogens with zero attached hydrogens (tertiary/aromatic N) is 2. The fourth-order valence-electron chi connectivity index (χ4n) is 4.44. The highest BCUT2D eigenvalue weighted by molar-refractivity contribution is 5.99. The van der Waals surface area contributed by atoms with Gasteiger partial charge in [-0.3, -0.25) is 5.32 Å². The first-order valence-electron chi connectivity index (χ1n) is 11.2. The van der Waals surface area contributed by atoms with Crippen molar-refractivity contribution in [3.05, 3.63) is 35.9 Å². The lowest BCUT2D eigenvalue weighted by atomic mass is 9.79. The lowest BCUT2D eigenvalue weighted by Crippen LogP contribution is -2.39. The monoisotopic (exact) mass is 467 g/mol. The van der Waals surface area contributed by atoms with Gasteiger partial charge in [-0.2, -0.15) is 0 Å². The number of aliphatic hydroxyl groups is 1. The van der Waals surface area contributed by atoms with Crippen molar-refractivity contribution in [2.75, 3.05) is 29.5 Å². The number of nitrogen functional groups attached to an aromatic ring is 1. The second-order valence-corrected chi connectivity index (χ2v) is 8.82. The number of fused-ring (bicyclic) bond motifs is 2. The number of rotatable bonds is 4. The van der Waals surface area contributed by atoms with Crippen molar-refractivity contribution in [2.45, 2.75) is 38.9 Å². The summed E-state index contributed by atoms with van der Waals surface area (Å²) in [5.41, 5.74) is 8.50. The topological polar surface area (TPSA) is 132 Å². The first-order valence-corrected chi connectivity index (χ1v) is 11.2. The van der Waals surface area contributed by atoms with Crippen molar-refractivity contribution in [3.8, 4) is 17.0 Å². The summed E-state index contributed by atoms with van der Waals surface area (Å²) in [5.74, 6) is 0.336. The number of nitrogens with two attached hydrogens (primary N) is 1. The summed E-state index contributed by atoms with van der Waals surface area (Å²) in [6.07, 6.45) is 2.98. The number of aliphatic hydroxyl groups excluding tert-OH is 1. The third kappa shape index (κ3) is 3.94. The second-order valence-electron chi connectivity index (χ2n) is 8.82. The van der Waals surface area contributed by atoms with Gasteiger partial charge in [-0.25, -0.2) is 19.2 Å². The maximum absolute atomic E-state index is 15.3. The average Bonchev–Trinajstić information content (AvgIpc) is 2.79. The quantitative estimate of drug-likeness (QED) is 0.426. The maximum atomic E-state index is 15.3. The highest BCUT2D eigenvalue weighted by Crippen LogP contribution is 2.39. The van der Waals surface area contributed by atoms with Crippen LogP contribution in [0.2, 0.25) is 0 Å². The van der Waals surface area contributed by atoms with Gasteiger partial charge in [-0.15, -0.1) is 0 Å². The third-order valence-electron chi connectivity index (χ3n) is 6.55. The molecule has 0 saturated heterocycles. The van der Waals surface area contributed by atoms with E-state index in [0.717, 1.165) is 11.3 Å². The van der Waals surface area contributed by atoms with Crippen LogP contribution in [-0.4, -0.2) is 46.5 Å². The number of carbonyl (C=O) groups excluding carboxylic acids is 1. The first-order chi connectivity index (χ1) is 16.3. The van der Waals surface area contributed by atoms with E-state index in [9.17, 15) is 9.90 Å². The largest absolute Gasteiger partial charge is 0.474 e. The molecule has 5 N–H and O–H groups in total. The van der Waals surface area contributed by atoms with Crippen LogP contribution in [0.3, 0.4) is 0 Å². The Morgan fingerprint density at radius 1 is 1.32 bits per heavy atom. The zero-order chi connectivity index (χ0) is 24.0. The maximum Gasteiger partial charge on any atom is 0.413 e. The molecule has 9 nitrogen and oxygen atoms in total. The van der Waals surface area contributed by atoms with Gasteiger partial charge < -0.3 is 25.6 Å². The van der Waals surface area contributed by atoms with Crippen LogP contribution in [0.25, 0.3) is 21.9 Å². The summed E-state index contributed by atoms with van der Waals surface area (Å²) in [6.45, 7) is 4.76. The average molecular weight is 468 g/mol. The Bertz CT molecular complexity index is 1280. The number of hydrogen-bond donors (Lipinski definition) is 4. The van der Waals surface area contributed by atoms with Crippen molar-refractivity contribution >= 4 is 34.1 Å². The minimum atomic E-state index is -0.628. The predicted molar refractivity (Wildman–Crippen MR) is 126 cm³/mol. The van der Waals surface area contributed by atoms with E-state index in [1.807, 2.05) is 6.92 Å². The van der Waals surface area contributed by atoms with Crippen molar-refractivity contribution in [3.63, 3.8) is 0 Å². The molecule has 0 bridgehead atoms. The minimum Gasteiger partial charge on any atom is -0.474 e. The minimum absolute atomic E-state index is 0.0333. The van der Waals surface area contributed by atoms with E-state index in [0.29, 0.717) is 53.8 Å². The number of carbonyl (C=O) groups is 1. The zero-order valence-electron chi connectivity index (χ0n) is 18.9. The number of nitrogens with one attached hydrogen (secondary N) is 2. The van der Waals surface area contributed by atoms with E-state index >= 15 is 4.39 Å². The Hall–Kier alpha value is -3.66. The number of benzene rings is 1. The normalized spacial score (nSPS) is 19.9. The van der Waals surface area contributed by atoms with Crippen LogP contribution in [0.15, 0.2) is 24.5 Å². The van der Waals surface area contributed by atoms with Crippen molar-refractivity contribution < 1.29 is 23.8 Å². The summed E-state index contributed by atoms with van der Waals surface area (Å²) in [4.78, 5) is 20.8. The molecule has 3 aromatic rings. The van der Waals surface area contributed by atoms with Crippen LogP contribution in [0.4, 0.5) is 26.4 Å². The molecule has 178 valence electrons. The second kappa shape index (κ2) is 8.60. The molecular weight excluding hydrogens is 441 g/mol. The van der Waals surface area contributed by atoms with Gasteiger partial charge in [0.05, 0.1) is 11.8 Å². The lowest BCUT2D eigenvalue weighted by Gasteiger charge is -2.36. The summed E-state index contributed by atoms with van der Waals surface area (Å²) in [7, 11) is 0. The fraction of sp³-hybridized carbons (Fsp3) is 0.375. The molecule has 2 aromatic heterocycles. The Morgan fingerprint density at radius 3 is 2.88 bits per heavy atom. The molecule has 1 aliphatic carbocycles. The van der Waals surface area contributed by atoms with Gasteiger partial charge in [0, 0.05) is 35.5 Å². The molecule has 5 rings (SSSR count). The molecule has 0 radical (unpaired) electrons. The number of amides is 1. The van der Waals surface area contributed by atoms with Crippen LogP contribution >= 0.6 is 0 Å². The Balaban J connectivity index is 1.42. The summed E-state index contributed by atoms with van der Waals surface area (Å²) in [6, 6.07) is 3.29. The van der Waals surface area contributed by atoms with Gasteiger partial charge in [0.25, 0.3) is 0 Å². The first kappa shape index (κ1) is 22.1. The molecule has 1 amide bonds. The summed E-state index contributed by atoms with van der Waals surface area (Å²) >= 11 is 0. The molecule has 1 atom stereocenters. The SMILES string of the molecule is Cc1c(-c2cc3cc(NC(=O)OC4CC([C@@H](C)O)C4)ncc3c(N)c2F)cnc2c1NCCO2. The highest BCUT2D eigenvalue weighted by Gasteiger charge is 2.35. The molecule has 0 unspecified atom stereocenters. The van der Waals surface area contributed by atoms with E-state index < -0.39 is 18.0 Å². The van der Waals surface area contributed by atoms with Gasteiger partial charge in [-0.05, 0) is 55.7 Å². The van der Waals surface area contributed by atoms with Crippen LogP contribution in [0, 0.1) is 18.7 Å². The molecule has 0 spiro atoms. The number of ether oxygens (including phenoxy) is 2. The number of aromatic nitrogens is 2. The Labute approximate surface area is 195 Å². The van der Waals surface area contributed by atoms with Crippen LogP contribution < -0.4 is 21.1 Å². The van der Waals surface area contributed by atoms with Gasteiger partial charge in [-0.1, -0.05) is 0 Å². The predicted octanol–water partition coefficient (Wildman–Crippen LogP) is 3.84. The highest BCUT2D eigenvalue weighted by atomic mass is 19.1. The number of anilines is 3. The van der Waals surface area contributed by atoms with E-state index in [1.165, 1.54) is 6.20 Å². The lowest BCUT2D eigenvalue weighted by molar-refractivity contribution is -0.0262. The van der Waals surface area contributed by atoms with Crippen molar-refractivity contribution in [1.82, 2.24) is 9.97 Å². The molecular formula is C24H26FN5O4. The molecule has 34 heavy (non-hydrogen) atoms.